The van der Waals surface area contributed by atoms with Gasteiger partial charge >= 0.3 is 0 Å². The largest absolute Gasteiger partial charge is 0.492 e. The molecule has 1 aromatic heterocycles. The van der Waals surface area contributed by atoms with Crippen molar-refractivity contribution in [1.82, 2.24) is 14.4 Å². The molecular weight excluding hydrogens is 516 g/mol. The molecule has 2 heterocycles. The van der Waals surface area contributed by atoms with Crippen LogP contribution in [0.4, 0.5) is 5.69 Å². The molecule has 0 radical (unpaired) electrons. The van der Waals surface area contributed by atoms with Gasteiger partial charge in [0.05, 0.1) is 12.5 Å². The van der Waals surface area contributed by atoms with Gasteiger partial charge in [0.1, 0.15) is 10.6 Å². The molecule has 1 N–H and O–H groups in total. The number of aromatic nitrogens is 2. The van der Waals surface area contributed by atoms with Crippen molar-refractivity contribution < 1.29 is 22.5 Å². The van der Waals surface area contributed by atoms with E-state index in [4.69, 9.17) is 20.9 Å². The van der Waals surface area contributed by atoms with E-state index in [1.165, 1.54) is 10.4 Å². The SMILES string of the molecule is CCOc1ccc(Cl)cc1S(=O)(=O)N1CCCC(C(=O)Nc2ccc(Cc3noc(C(C)C)n3)cc2)C1. The molecule has 9 nitrogen and oxygen atoms in total. The van der Waals surface area contributed by atoms with Crippen LogP contribution in [-0.2, 0) is 21.2 Å². The van der Waals surface area contributed by atoms with E-state index in [0.29, 0.717) is 54.8 Å². The van der Waals surface area contributed by atoms with Gasteiger partial charge in [0.25, 0.3) is 0 Å². The molecule has 1 aliphatic rings. The molecule has 1 atom stereocenters. The van der Waals surface area contributed by atoms with Crippen molar-refractivity contribution in [3.63, 3.8) is 0 Å². The van der Waals surface area contributed by atoms with E-state index >= 15 is 0 Å². The first-order valence-corrected chi connectivity index (χ1v) is 14.1. The van der Waals surface area contributed by atoms with Gasteiger partial charge in [0.2, 0.25) is 21.8 Å². The Hall–Kier alpha value is -2.95. The summed E-state index contributed by atoms with van der Waals surface area (Å²) < 4.78 is 39.0. The van der Waals surface area contributed by atoms with Crippen molar-refractivity contribution in [2.24, 2.45) is 5.92 Å². The Labute approximate surface area is 222 Å². The summed E-state index contributed by atoms with van der Waals surface area (Å²) in [6, 6.07) is 12.0. The number of anilines is 1. The summed E-state index contributed by atoms with van der Waals surface area (Å²) in [4.78, 5) is 17.4. The molecule has 4 rings (SSSR count). The highest BCUT2D eigenvalue weighted by atomic mass is 35.5. The van der Waals surface area contributed by atoms with Gasteiger partial charge < -0.3 is 14.6 Å². The number of halogens is 1. The van der Waals surface area contributed by atoms with E-state index in [0.717, 1.165) is 5.56 Å². The number of carbonyl (C=O) groups is 1. The highest BCUT2D eigenvalue weighted by molar-refractivity contribution is 7.89. The normalized spacial score (nSPS) is 16.6. The summed E-state index contributed by atoms with van der Waals surface area (Å²) in [5, 5.41) is 7.23. The Morgan fingerprint density at radius 3 is 2.68 bits per heavy atom. The molecule has 0 saturated carbocycles. The number of carbonyl (C=O) groups excluding carboxylic acids is 1. The van der Waals surface area contributed by atoms with Gasteiger partial charge in [0, 0.05) is 36.1 Å². The number of piperidine rings is 1. The van der Waals surface area contributed by atoms with Crippen molar-refractivity contribution >= 4 is 33.2 Å². The lowest BCUT2D eigenvalue weighted by Gasteiger charge is -2.31. The highest BCUT2D eigenvalue weighted by Gasteiger charge is 2.35. The minimum Gasteiger partial charge on any atom is -0.492 e. The first kappa shape index (κ1) is 27.1. The molecule has 1 unspecified atom stereocenters. The maximum atomic E-state index is 13.4. The van der Waals surface area contributed by atoms with Crippen LogP contribution in [-0.4, -0.2) is 48.5 Å². The smallest absolute Gasteiger partial charge is 0.246 e. The summed E-state index contributed by atoms with van der Waals surface area (Å²) in [6.07, 6.45) is 1.69. The van der Waals surface area contributed by atoms with E-state index in [-0.39, 0.29) is 29.0 Å². The fraction of sp³-hybridized carbons (Fsp3) is 0.423. The number of benzene rings is 2. The number of nitrogens with one attached hydrogen (secondary N) is 1. The molecule has 2 aromatic carbocycles. The van der Waals surface area contributed by atoms with Crippen molar-refractivity contribution in [2.45, 2.75) is 50.8 Å². The van der Waals surface area contributed by atoms with Crippen molar-refractivity contribution in [3.8, 4) is 5.75 Å². The Morgan fingerprint density at radius 1 is 1.24 bits per heavy atom. The summed E-state index contributed by atoms with van der Waals surface area (Å²) in [5.41, 5.74) is 1.62. The minimum absolute atomic E-state index is 0.0145. The van der Waals surface area contributed by atoms with Gasteiger partial charge in [0.15, 0.2) is 5.82 Å². The molecule has 1 amide bonds. The van der Waals surface area contributed by atoms with Crippen LogP contribution in [0.3, 0.4) is 0 Å². The lowest BCUT2D eigenvalue weighted by molar-refractivity contribution is -0.120. The third-order valence-electron chi connectivity index (χ3n) is 6.14. The number of sulfonamides is 1. The maximum Gasteiger partial charge on any atom is 0.246 e. The van der Waals surface area contributed by atoms with Crippen LogP contribution in [0.25, 0.3) is 0 Å². The summed E-state index contributed by atoms with van der Waals surface area (Å²) in [5.74, 6) is 0.930. The summed E-state index contributed by atoms with van der Waals surface area (Å²) in [7, 11) is -3.89. The van der Waals surface area contributed by atoms with Gasteiger partial charge in [-0.25, -0.2) is 8.42 Å². The highest BCUT2D eigenvalue weighted by Crippen LogP contribution is 2.32. The molecular formula is C26H31ClN4O5S. The van der Waals surface area contributed by atoms with Crippen molar-refractivity contribution in [1.29, 1.82) is 0 Å². The number of hydrogen-bond acceptors (Lipinski definition) is 7. The lowest BCUT2D eigenvalue weighted by Crippen LogP contribution is -2.43. The van der Waals surface area contributed by atoms with Crippen LogP contribution >= 0.6 is 11.6 Å². The zero-order valence-corrected chi connectivity index (χ0v) is 22.7. The molecule has 1 saturated heterocycles. The summed E-state index contributed by atoms with van der Waals surface area (Å²) >= 11 is 6.09. The standard InChI is InChI=1S/C26H31ClN4O5S/c1-4-35-22-12-9-20(27)15-23(22)37(33,34)31-13-5-6-19(16-31)25(32)28-21-10-7-18(8-11-21)14-24-29-26(17(2)3)36-30-24/h7-12,15,17,19H,4-6,13-14,16H2,1-3H3,(H,28,32). The first-order valence-electron chi connectivity index (χ1n) is 12.3. The van der Waals surface area contributed by atoms with Crippen molar-refractivity contribution in [2.75, 3.05) is 25.0 Å². The third-order valence-corrected chi connectivity index (χ3v) is 8.26. The zero-order chi connectivity index (χ0) is 26.6. The van der Waals surface area contributed by atoms with E-state index in [1.54, 1.807) is 19.1 Å². The maximum absolute atomic E-state index is 13.4. The van der Waals surface area contributed by atoms with Crippen LogP contribution < -0.4 is 10.1 Å². The van der Waals surface area contributed by atoms with E-state index in [1.807, 2.05) is 38.1 Å². The van der Waals surface area contributed by atoms with Gasteiger partial charge in [-0.1, -0.05) is 42.7 Å². The van der Waals surface area contributed by atoms with E-state index in [2.05, 4.69) is 15.5 Å². The molecule has 1 fully saturated rings. The lowest BCUT2D eigenvalue weighted by atomic mass is 9.98. The minimum atomic E-state index is -3.89. The third kappa shape index (κ3) is 6.49. The van der Waals surface area contributed by atoms with Gasteiger partial charge in [-0.2, -0.15) is 9.29 Å². The topological polar surface area (TPSA) is 115 Å². The molecule has 3 aromatic rings. The molecule has 11 heteroatoms. The molecule has 37 heavy (non-hydrogen) atoms. The number of hydrogen-bond donors (Lipinski definition) is 1. The van der Waals surface area contributed by atoms with E-state index in [9.17, 15) is 13.2 Å². The molecule has 198 valence electrons. The average Bonchev–Trinajstić information content (AvgIpc) is 3.35. The fourth-order valence-corrected chi connectivity index (χ4v) is 6.10. The van der Waals surface area contributed by atoms with Crippen molar-refractivity contribution in [3.05, 3.63) is 64.8 Å². The van der Waals surface area contributed by atoms with E-state index < -0.39 is 15.9 Å². The second-order valence-corrected chi connectivity index (χ2v) is 11.6. The Morgan fingerprint density at radius 2 is 2.00 bits per heavy atom. The number of nitrogens with zero attached hydrogens (tertiary/aromatic N) is 3. The number of ether oxygens (including phenoxy) is 1. The Balaban J connectivity index is 1.40. The first-order chi connectivity index (χ1) is 17.7. The van der Waals surface area contributed by atoms with Crippen LogP contribution in [0.1, 0.15) is 56.8 Å². The zero-order valence-electron chi connectivity index (χ0n) is 21.1. The number of amides is 1. The molecule has 1 aliphatic heterocycles. The fourth-order valence-electron chi connectivity index (χ4n) is 4.18. The Bertz CT molecular complexity index is 1340. The Kier molecular flexibility index (Phi) is 8.51. The molecule has 0 bridgehead atoms. The van der Waals surface area contributed by atoms with Gasteiger partial charge in [-0.05, 0) is 55.7 Å². The van der Waals surface area contributed by atoms with Gasteiger partial charge in [-0.15, -0.1) is 0 Å². The predicted molar refractivity (Wildman–Crippen MR) is 140 cm³/mol. The van der Waals surface area contributed by atoms with Crippen LogP contribution in [0.5, 0.6) is 5.75 Å². The van der Waals surface area contributed by atoms with Crippen LogP contribution in [0, 0.1) is 5.92 Å². The average molecular weight is 547 g/mol. The van der Waals surface area contributed by atoms with Gasteiger partial charge in [-0.3, -0.25) is 4.79 Å². The summed E-state index contributed by atoms with van der Waals surface area (Å²) in [6.45, 7) is 6.50. The second-order valence-electron chi connectivity index (χ2n) is 9.29. The molecule has 0 aliphatic carbocycles. The predicted octanol–water partition coefficient (Wildman–Crippen LogP) is 4.88. The van der Waals surface area contributed by atoms with Crippen LogP contribution in [0.15, 0.2) is 51.9 Å². The molecule has 0 spiro atoms. The number of rotatable bonds is 9. The monoisotopic (exact) mass is 546 g/mol. The van der Waals surface area contributed by atoms with Crippen LogP contribution in [0.2, 0.25) is 5.02 Å². The quantitative estimate of drug-likeness (QED) is 0.407. The second kappa shape index (κ2) is 11.6.